The number of hydrogen-bond donors (Lipinski definition) is 1. The molecule has 0 unspecified atom stereocenters. The quantitative estimate of drug-likeness (QED) is 0.820. The lowest BCUT2D eigenvalue weighted by molar-refractivity contribution is -0.123. The van der Waals surface area contributed by atoms with E-state index in [2.05, 4.69) is 15.2 Å². The zero-order valence-electron chi connectivity index (χ0n) is 9.91. The van der Waals surface area contributed by atoms with Gasteiger partial charge in [0.05, 0.1) is 5.75 Å². The number of rotatable bonds is 4. The Balaban J connectivity index is 1.87. The van der Waals surface area contributed by atoms with Crippen molar-refractivity contribution < 1.29 is 4.79 Å². The van der Waals surface area contributed by atoms with Gasteiger partial charge in [-0.2, -0.15) is 0 Å². The highest BCUT2D eigenvalue weighted by molar-refractivity contribution is 7.99. The van der Waals surface area contributed by atoms with Crippen LogP contribution in [0.5, 0.6) is 0 Å². The fourth-order valence-corrected chi connectivity index (χ4v) is 2.17. The molecule has 0 aromatic carbocycles. The predicted molar refractivity (Wildman–Crippen MR) is 63.5 cm³/mol. The molecule has 1 heterocycles. The number of H-pyrrole nitrogens is 1. The molecule has 0 radical (unpaired) electrons. The predicted octanol–water partition coefficient (Wildman–Crippen LogP) is 2.39. The van der Waals surface area contributed by atoms with Crippen LogP contribution in [0.4, 0.5) is 0 Å². The van der Waals surface area contributed by atoms with Gasteiger partial charge in [-0.1, -0.05) is 32.5 Å². The van der Waals surface area contributed by atoms with E-state index >= 15 is 0 Å². The third-order valence-electron chi connectivity index (χ3n) is 2.62. The molecule has 4 nitrogen and oxygen atoms in total. The number of Topliss-reactive ketones (excluding diaryl/α,β-unsaturated/α-hetero) is 1. The van der Waals surface area contributed by atoms with Gasteiger partial charge in [-0.05, 0) is 12.8 Å². The zero-order valence-corrected chi connectivity index (χ0v) is 10.7. The maximum atomic E-state index is 11.7. The number of aromatic nitrogens is 3. The summed E-state index contributed by atoms with van der Waals surface area (Å²) in [4.78, 5) is 16.1. The lowest BCUT2D eigenvalue weighted by Gasteiger charge is -2.14. The third-order valence-corrected chi connectivity index (χ3v) is 3.46. The van der Waals surface area contributed by atoms with E-state index in [4.69, 9.17) is 0 Å². The van der Waals surface area contributed by atoms with Crippen molar-refractivity contribution in [2.24, 2.45) is 5.41 Å². The van der Waals surface area contributed by atoms with Gasteiger partial charge in [0.15, 0.2) is 0 Å². The van der Waals surface area contributed by atoms with Gasteiger partial charge >= 0.3 is 0 Å². The maximum absolute atomic E-state index is 11.7. The summed E-state index contributed by atoms with van der Waals surface area (Å²) in [5, 5.41) is 7.74. The molecule has 1 aromatic rings. The summed E-state index contributed by atoms with van der Waals surface area (Å²) in [7, 11) is 0. The van der Waals surface area contributed by atoms with Crippen molar-refractivity contribution in [3.63, 3.8) is 0 Å². The van der Waals surface area contributed by atoms with Crippen LogP contribution in [0, 0.1) is 5.41 Å². The highest BCUT2D eigenvalue weighted by Gasteiger charge is 2.27. The fourth-order valence-electron chi connectivity index (χ4n) is 1.21. The first-order chi connectivity index (χ1) is 7.47. The molecule has 1 aliphatic carbocycles. The minimum atomic E-state index is -0.275. The summed E-state index contributed by atoms with van der Waals surface area (Å²) in [6, 6.07) is 0. The first-order valence-corrected chi connectivity index (χ1v) is 6.54. The lowest BCUT2D eigenvalue weighted by Crippen LogP contribution is -2.22. The SMILES string of the molecule is CC(C)(C)C(=O)CSc1n[nH]c(C2CC2)n1. The van der Waals surface area contributed by atoms with E-state index in [0.717, 1.165) is 5.82 Å². The largest absolute Gasteiger partial charge is 0.298 e. The number of ketones is 1. The Morgan fingerprint density at radius 3 is 2.75 bits per heavy atom. The summed E-state index contributed by atoms with van der Waals surface area (Å²) < 4.78 is 0. The van der Waals surface area contributed by atoms with Gasteiger partial charge < -0.3 is 0 Å². The van der Waals surface area contributed by atoms with Crippen molar-refractivity contribution >= 4 is 17.5 Å². The third kappa shape index (κ3) is 2.84. The Morgan fingerprint density at radius 1 is 1.50 bits per heavy atom. The molecule has 0 aliphatic heterocycles. The molecule has 16 heavy (non-hydrogen) atoms. The average molecular weight is 239 g/mol. The Labute approximate surface area is 99.6 Å². The topological polar surface area (TPSA) is 58.6 Å². The van der Waals surface area contributed by atoms with Gasteiger partial charge in [-0.25, -0.2) is 4.98 Å². The zero-order chi connectivity index (χ0) is 11.8. The van der Waals surface area contributed by atoms with Gasteiger partial charge in [-0.3, -0.25) is 9.89 Å². The van der Waals surface area contributed by atoms with Crippen molar-refractivity contribution in [1.82, 2.24) is 15.2 Å². The monoisotopic (exact) mass is 239 g/mol. The fraction of sp³-hybridized carbons (Fsp3) is 0.727. The molecular formula is C11H17N3OS. The molecule has 0 amide bonds. The second kappa shape index (κ2) is 4.20. The van der Waals surface area contributed by atoms with Crippen molar-refractivity contribution in [3.05, 3.63) is 5.82 Å². The van der Waals surface area contributed by atoms with Gasteiger partial charge in [-0.15, -0.1) is 5.10 Å². The van der Waals surface area contributed by atoms with Gasteiger partial charge in [0.1, 0.15) is 11.6 Å². The van der Waals surface area contributed by atoms with E-state index in [1.165, 1.54) is 24.6 Å². The molecule has 0 atom stereocenters. The molecule has 1 saturated carbocycles. The molecule has 1 N–H and O–H groups in total. The lowest BCUT2D eigenvalue weighted by atomic mass is 9.92. The maximum Gasteiger partial charge on any atom is 0.208 e. The number of aromatic amines is 1. The second-order valence-electron chi connectivity index (χ2n) is 5.24. The normalized spacial score (nSPS) is 16.4. The van der Waals surface area contributed by atoms with Crippen LogP contribution in [-0.2, 0) is 4.79 Å². The standard InChI is InChI=1S/C11H17N3OS/c1-11(2,3)8(15)6-16-10-12-9(13-14-10)7-4-5-7/h7H,4-6H2,1-3H3,(H,12,13,14). The molecular weight excluding hydrogens is 222 g/mol. The van der Waals surface area contributed by atoms with E-state index in [9.17, 15) is 4.79 Å². The molecule has 1 fully saturated rings. The van der Waals surface area contributed by atoms with Gasteiger partial charge in [0.25, 0.3) is 0 Å². The van der Waals surface area contributed by atoms with Crippen molar-refractivity contribution in [3.8, 4) is 0 Å². The Hall–Kier alpha value is -0.840. The highest BCUT2D eigenvalue weighted by Crippen LogP contribution is 2.38. The van der Waals surface area contributed by atoms with Crippen LogP contribution < -0.4 is 0 Å². The number of nitrogens with one attached hydrogen (secondary N) is 1. The Kier molecular flexibility index (Phi) is 3.06. The molecule has 0 spiro atoms. The van der Waals surface area contributed by atoms with Crippen LogP contribution in [0.2, 0.25) is 0 Å². The van der Waals surface area contributed by atoms with Crippen LogP contribution in [0.1, 0.15) is 45.4 Å². The van der Waals surface area contributed by atoms with Crippen LogP contribution in [0.15, 0.2) is 5.16 Å². The summed E-state index contributed by atoms with van der Waals surface area (Å²) in [5.74, 6) is 2.24. The summed E-state index contributed by atoms with van der Waals surface area (Å²) in [6.07, 6.45) is 2.42. The summed E-state index contributed by atoms with van der Waals surface area (Å²) >= 11 is 1.42. The van der Waals surface area contributed by atoms with Crippen molar-refractivity contribution in [2.75, 3.05) is 5.75 Å². The molecule has 0 bridgehead atoms. The molecule has 5 heteroatoms. The summed E-state index contributed by atoms with van der Waals surface area (Å²) in [5.41, 5.74) is -0.275. The average Bonchev–Trinajstić information content (AvgIpc) is 2.94. The van der Waals surface area contributed by atoms with Gasteiger partial charge in [0.2, 0.25) is 5.16 Å². The number of thioether (sulfide) groups is 1. The number of carbonyl (C=O) groups excluding carboxylic acids is 1. The summed E-state index contributed by atoms with van der Waals surface area (Å²) in [6.45, 7) is 5.80. The number of nitrogens with zero attached hydrogens (tertiary/aromatic N) is 2. The molecule has 88 valence electrons. The highest BCUT2D eigenvalue weighted by atomic mass is 32.2. The van der Waals surface area contributed by atoms with Crippen LogP contribution >= 0.6 is 11.8 Å². The molecule has 1 aromatic heterocycles. The molecule has 0 saturated heterocycles. The van der Waals surface area contributed by atoms with Crippen molar-refractivity contribution in [1.29, 1.82) is 0 Å². The molecule has 2 rings (SSSR count). The van der Waals surface area contributed by atoms with Gasteiger partial charge in [0, 0.05) is 11.3 Å². The van der Waals surface area contributed by atoms with E-state index in [1.807, 2.05) is 20.8 Å². The van der Waals surface area contributed by atoms with Crippen LogP contribution in [0.25, 0.3) is 0 Å². The molecule has 1 aliphatic rings. The van der Waals surface area contributed by atoms with E-state index in [0.29, 0.717) is 16.8 Å². The minimum absolute atomic E-state index is 0.232. The van der Waals surface area contributed by atoms with E-state index in [1.54, 1.807) is 0 Å². The smallest absolute Gasteiger partial charge is 0.208 e. The van der Waals surface area contributed by atoms with Crippen LogP contribution in [-0.4, -0.2) is 26.7 Å². The van der Waals surface area contributed by atoms with E-state index in [-0.39, 0.29) is 11.2 Å². The number of hydrogen-bond acceptors (Lipinski definition) is 4. The number of carbonyl (C=O) groups is 1. The van der Waals surface area contributed by atoms with E-state index < -0.39 is 0 Å². The first kappa shape index (κ1) is 11.6. The Bertz CT molecular complexity index is 390. The Morgan fingerprint density at radius 2 is 2.19 bits per heavy atom. The van der Waals surface area contributed by atoms with Crippen LogP contribution in [0.3, 0.4) is 0 Å². The minimum Gasteiger partial charge on any atom is -0.298 e. The first-order valence-electron chi connectivity index (χ1n) is 5.55. The van der Waals surface area contributed by atoms with Crippen molar-refractivity contribution in [2.45, 2.75) is 44.7 Å². The second-order valence-corrected chi connectivity index (χ2v) is 6.18.